The van der Waals surface area contributed by atoms with Gasteiger partial charge in [0, 0.05) is 0 Å². The fourth-order valence-electron chi connectivity index (χ4n) is 5.51. The number of hydrogen-bond donors (Lipinski definition) is 1. The molecule has 0 aromatic heterocycles. The minimum atomic E-state index is -0.0462. The first-order chi connectivity index (χ1) is 7.27. The average Bonchev–Trinajstić information content (AvgIpc) is 2.54. The first-order valence-electron chi connectivity index (χ1n) is 6.95. The minimum absolute atomic E-state index is 0.0462. The standard InChI is InChI=1S/C15H26O/c1-13(2)7-10-8-14(3)5-6-15(4,12(14)16)11(10)9-13/h10-12,16H,5-9H2,1-4H3/t10-,11-,12+,14-,15+/m1/s1. The predicted molar refractivity (Wildman–Crippen MR) is 66.1 cm³/mol. The van der Waals surface area contributed by atoms with Gasteiger partial charge in [0.05, 0.1) is 6.10 Å². The fraction of sp³-hybridized carbons (Fsp3) is 1.00. The smallest absolute Gasteiger partial charge is 0.0650 e. The summed E-state index contributed by atoms with van der Waals surface area (Å²) in [5.41, 5.74) is 0.973. The molecule has 0 aliphatic heterocycles. The zero-order valence-electron chi connectivity index (χ0n) is 11.2. The van der Waals surface area contributed by atoms with E-state index in [2.05, 4.69) is 27.7 Å². The Morgan fingerprint density at radius 1 is 0.938 bits per heavy atom. The van der Waals surface area contributed by atoms with E-state index >= 15 is 0 Å². The summed E-state index contributed by atoms with van der Waals surface area (Å²) in [7, 11) is 0. The molecule has 3 aliphatic rings. The monoisotopic (exact) mass is 222 g/mol. The molecule has 3 aliphatic carbocycles. The summed E-state index contributed by atoms with van der Waals surface area (Å²) in [4.78, 5) is 0. The van der Waals surface area contributed by atoms with Crippen LogP contribution in [0.1, 0.15) is 59.8 Å². The molecule has 2 bridgehead atoms. The van der Waals surface area contributed by atoms with Crippen LogP contribution in [0.2, 0.25) is 0 Å². The van der Waals surface area contributed by atoms with E-state index in [1.54, 1.807) is 0 Å². The van der Waals surface area contributed by atoms with Gasteiger partial charge in [0.15, 0.2) is 0 Å². The van der Waals surface area contributed by atoms with E-state index in [1.165, 1.54) is 32.1 Å². The zero-order chi connectivity index (χ0) is 11.8. The second kappa shape index (κ2) is 2.85. The van der Waals surface area contributed by atoms with Gasteiger partial charge in [-0.25, -0.2) is 0 Å². The summed E-state index contributed by atoms with van der Waals surface area (Å²) in [6, 6.07) is 0. The Labute approximate surface area is 99.6 Å². The van der Waals surface area contributed by atoms with Gasteiger partial charge in [-0.15, -0.1) is 0 Å². The molecule has 0 heterocycles. The van der Waals surface area contributed by atoms with Gasteiger partial charge in [0.2, 0.25) is 0 Å². The minimum Gasteiger partial charge on any atom is -0.392 e. The van der Waals surface area contributed by atoms with Crippen LogP contribution in [0.25, 0.3) is 0 Å². The maximum absolute atomic E-state index is 10.6. The Morgan fingerprint density at radius 3 is 2.31 bits per heavy atom. The maximum Gasteiger partial charge on any atom is 0.0650 e. The molecular formula is C15H26O. The summed E-state index contributed by atoms with van der Waals surface area (Å²) in [6.45, 7) is 9.51. The van der Waals surface area contributed by atoms with Crippen molar-refractivity contribution >= 4 is 0 Å². The summed E-state index contributed by atoms with van der Waals surface area (Å²) >= 11 is 0. The molecule has 1 nitrogen and oxygen atoms in total. The Kier molecular flexibility index (Phi) is 1.98. The van der Waals surface area contributed by atoms with Crippen LogP contribution in [0, 0.1) is 28.1 Å². The van der Waals surface area contributed by atoms with Gasteiger partial charge < -0.3 is 5.11 Å². The molecule has 3 rings (SSSR count). The molecule has 0 aromatic rings. The second-order valence-corrected chi connectivity index (χ2v) is 8.21. The lowest BCUT2D eigenvalue weighted by Gasteiger charge is -2.48. The molecule has 5 atom stereocenters. The van der Waals surface area contributed by atoms with Crippen LogP contribution in [0.5, 0.6) is 0 Å². The molecule has 0 spiro atoms. The van der Waals surface area contributed by atoms with E-state index in [4.69, 9.17) is 0 Å². The van der Waals surface area contributed by atoms with Crippen molar-refractivity contribution < 1.29 is 5.11 Å². The molecule has 1 N–H and O–H groups in total. The van der Waals surface area contributed by atoms with E-state index in [0.29, 0.717) is 5.41 Å². The topological polar surface area (TPSA) is 20.2 Å². The normalized spacial score (nSPS) is 58.7. The third-order valence-corrected chi connectivity index (χ3v) is 6.25. The van der Waals surface area contributed by atoms with Crippen LogP contribution in [0.4, 0.5) is 0 Å². The molecule has 3 saturated carbocycles. The Hall–Kier alpha value is -0.0400. The average molecular weight is 222 g/mol. The highest BCUT2D eigenvalue weighted by Gasteiger charge is 2.63. The van der Waals surface area contributed by atoms with Crippen molar-refractivity contribution in [2.75, 3.05) is 0 Å². The van der Waals surface area contributed by atoms with Crippen molar-refractivity contribution in [3.8, 4) is 0 Å². The molecular weight excluding hydrogens is 196 g/mol. The summed E-state index contributed by atoms with van der Waals surface area (Å²) in [6.07, 6.45) is 6.45. The van der Waals surface area contributed by atoms with Crippen molar-refractivity contribution in [2.45, 2.75) is 65.9 Å². The quantitative estimate of drug-likeness (QED) is 0.664. The van der Waals surface area contributed by atoms with Gasteiger partial charge in [0.25, 0.3) is 0 Å². The van der Waals surface area contributed by atoms with Gasteiger partial charge in [0.1, 0.15) is 0 Å². The summed E-state index contributed by atoms with van der Waals surface area (Å²) in [5.74, 6) is 1.67. The molecule has 92 valence electrons. The van der Waals surface area contributed by atoms with Crippen LogP contribution in [0.15, 0.2) is 0 Å². The van der Waals surface area contributed by atoms with E-state index < -0.39 is 0 Å². The van der Waals surface area contributed by atoms with Crippen LogP contribution in [0.3, 0.4) is 0 Å². The van der Waals surface area contributed by atoms with Gasteiger partial charge in [-0.3, -0.25) is 0 Å². The van der Waals surface area contributed by atoms with Crippen molar-refractivity contribution in [3.05, 3.63) is 0 Å². The molecule has 0 unspecified atom stereocenters. The Balaban J connectivity index is 1.98. The molecule has 0 saturated heterocycles. The first kappa shape index (κ1) is 11.1. The van der Waals surface area contributed by atoms with Gasteiger partial charge in [-0.2, -0.15) is 0 Å². The van der Waals surface area contributed by atoms with Crippen LogP contribution < -0.4 is 0 Å². The number of fused-ring (bicyclic) bond motifs is 4. The van der Waals surface area contributed by atoms with Crippen molar-refractivity contribution in [1.82, 2.24) is 0 Å². The number of aliphatic hydroxyl groups is 1. The molecule has 0 amide bonds. The second-order valence-electron chi connectivity index (χ2n) is 8.21. The Morgan fingerprint density at radius 2 is 1.62 bits per heavy atom. The highest BCUT2D eigenvalue weighted by atomic mass is 16.3. The van der Waals surface area contributed by atoms with Crippen LogP contribution in [-0.4, -0.2) is 11.2 Å². The number of hydrogen-bond acceptors (Lipinski definition) is 1. The Bertz CT molecular complexity index is 321. The molecule has 0 radical (unpaired) electrons. The zero-order valence-corrected chi connectivity index (χ0v) is 11.2. The van der Waals surface area contributed by atoms with E-state index in [1.807, 2.05) is 0 Å². The number of rotatable bonds is 0. The van der Waals surface area contributed by atoms with E-state index in [9.17, 15) is 5.11 Å². The molecule has 1 heteroatoms. The number of aliphatic hydroxyl groups excluding tert-OH is 1. The molecule has 0 aromatic carbocycles. The highest BCUT2D eigenvalue weighted by Crippen LogP contribution is 2.68. The van der Waals surface area contributed by atoms with E-state index in [0.717, 1.165) is 11.8 Å². The lowest BCUT2D eigenvalue weighted by molar-refractivity contribution is -0.0933. The third kappa shape index (κ3) is 1.21. The van der Waals surface area contributed by atoms with Gasteiger partial charge in [-0.05, 0) is 60.2 Å². The van der Waals surface area contributed by atoms with Crippen LogP contribution >= 0.6 is 0 Å². The largest absolute Gasteiger partial charge is 0.392 e. The highest BCUT2D eigenvalue weighted by molar-refractivity contribution is 5.13. The molecule has 16 heavy (non-hydrogen) atoms. The first-order valence-corrected chi connectivity index (χ1v) is 6.95. The van der Waals surface area contributed by atoms with Gasteiger partial charge in [-0.1, -0.05) is 27.7 Å². The lowest BCUT2D eigenvalue weighted by atomic mass is 9.59. The van der Waals surface area contributed by atoms with Crippen molar-refractivity contribution in [1.29, 1.82) is 0 Å². The third-order valence-electron chi connectivity index (χ3n) is 6.25. The molecule has 3 fully saturated rings. The van der Waals surface area contributed by atoms with Gasteiger partial charge >= 0.3 is 0 Å². The predicted octanol–water partition coefficient (Wildman–Crippen LogP) is 3.61. The van der Waals surface area contributed by atoms with Crippen molar-refractivity contribution in [3.63, 3.8) is 0 Å². The summed E-state index contributed by atoms with van der Waals surface area (Å²) < 4.78 is 0. The van der Waals surface area contributed by atoms with E-state index in [-0.39, 0.29) is 16.9 Å². The lowest BCUT2D eigenvalue weighted by Crippen LogP contribution is -2.48. The maximum atomic E-state index is 10.6. The fourth-order valence-corrected chi connectivity index (χ4v) is 5.51. The SMILES string of the molecule is CC1(C)C[C@@H]2C[C@@]3(C)CC[C@@](C)([C@@H]2C1)[C@H]3O. The van der Waals surface area contributed by atoms with Crippen LogP contribution in [-0.2, 0) is 0 Å². The summed E-state index contributed by atoms with van der Waals surface area (Å²) in [5, 5.41) is 10.6. The van der Waals surface area contributed by atoms with Crippen molar-refractivity contribution in [2.24, 2.45) is 28.1 Å².